The summed E-state index contributed by atoms with van der Waals surface area (Å²) in [5.41, 5.74) is 1.11. The largest absolute Gasteiger partial charge is 0.349 e. The summed E-state index contributed by atoms with van der Waals surface area (Å²) in [5.74, 6) is 1.09. The SMILES string of the molecule is C[C@H](Sc1nnc2n1CCCCC2)C(=O)N[C@H](C)c1ccccc1. The van der Waals surface area contributed by atoms with Crippen LogP contribution < -0.4 is 5.32 Å². The van der Waals surface area contributed by atoms with Crippen LogP contribution in [0, 0.1) is 0 Å². The van der Waals surface area contributed by atoms with E-state index in [2.05, 4.69) is 20.1 Å². The van der Waals surface area contributed by atoms with Crippen molar-refractivity contribution in [3.63, 3.8) is 0 Å². The summed E-state index contributed by atoms with van der Waals surface area (Å²) in [6.45, 7) is 4.89. The van der Waals surface area contributed by atoms with Crippen molar-refractivity contribution in [3.05, 3.63) is 41.7 Å². The molecule has 0 bridgehead atoms. The first-order valence-electron chi connectivity index (χ1n) is 8.59. The van der Waals surface area contributed by atoms with Crippen LogP contribution in [-0.4, -0.2) is 25.9 Å². The van der Waals surface area contributed by atoms with Gasteiger partial charge in [0, 0.05) is 13.0 Å². The molecule has 0 aliphatic carbocycles. The number of hydrogen-bond acceptors (Lipinski definition) is 4. The number of carbonyl (C=O) groups is 1. The number of benzene rings is 1. The van der Waals surface area contributed by atoms with Gasteiger partial charge in [-0.05, 0) is 32.3 Å². The number of aryl methyl sites for hydroxylation is 1. The predicted octanol–water partition coefficient (Wildman–Crippen LogP) is 3.36. The average Bonchev–Trinajstić information content (AvgIpc) is 2.82. The number of amides is 1. The van der Waals surface area contributed by atoms with Gasteiger partial charge in [0.15, 0.2) is 5.16 Å². The van der Waals surface area contributed by atoms with Crippen LogP contribution in [0.3, 0.4) is 0 Å². The van der Waals surface area contributed by atoms with Gasteiger partial charge in [0.1, 0.15) is 5.82 Å². The fraction of sp³-hybridized carbons (Fsp3) is 0.500. The molecule has 0 fully saturated rings. The maximum Gasteiger partial charge on any atom is 0.233 e. The summed E-state index contributed by atoms with van der Waals surface area (Å²) < 4.78 is 2.18. The van der Waals surface area contributed by atoms with E-state index in [-0.39, 0.29) is 17.2 Å². The summed E-state index contributed by atoms with van der Waals surface area (Å²) in [6, 6.07) is 10.0. The van der Waals surface area contributed by atoms with Crippen LogP contribution in [0.15, 0.2) is 35.5 Å². The number of hydrogen-bond donors (Lipinski definition) is 1. The molecular weight excluding hydrogens is 320 g/mol. The fourth-order valence-electron chi connectivity index (χ4n) is 2.91. The number of fused-ring (bicyclic) bond motifs is 1. The summed E-state index contributed by atoms with van der Waals surface area (Å²) in [4.78, 5) is 12.5. The van der Waals surface area contributed by atoms with Crippen LogP contribution in [0.5, 0.6) is 0 Å². The molecule has 128 valence electrons. The van der Waals surface area contributed by atoms with Crippen LogP contribution in [-0.2, 0) is 17.8 Å². The van der Waals surface area contributed by atoms with Crippen molar-refractivity contribution in [1.29, 1.82) is 0 Å². The predicted molar refractivity (Wildman–Crippen MR) is 95.9 cm³/mol. The molecule has 1 aromatic heterocycles. The first-order chi connectivity index (χ1) is 11.6. The van der Waals surface area contributed by atoms with E-state index in [0.717, 1.165) is 35.9 Å². The molecule has 0 radical (unpaired) electrons. The Morgan fingerprint density at radius 1 is 1.17 bits per heavy atom. The molecule has 0 saturated carbocycles. The molecule has 0 spiro atoms. The summed E-state index contributed by atoms with van der Waals surface area (Å²) in [5, 5.41) is 12.3. The quantitative estimate of drug-likeness (QED) is 0.845. The average molecular weight is 344 g/mol. The van der Waals surface area contributed by atoms with Crippen molar-refractivity contribution >= 4 is 17.7 Å². The maximum absolute atomic E-state index is 12.5. The van der Waals surface area contributed by atoms with E-state index >= 15 is 0 Å². The normalized spacial score (nSPS) is 16.8. The monoisotopic (exact) mass is 344 g/mol. The lowest BCUT2D eigenvalue weighted by atomic mass is 10.1. The van der Waals surface area contributed by atoms with Crippen molar-refractivity contribution in [2.24, 2.45) is 0 Å². The molecule has 1 aliphatic heterocycles. The smallest absolute Gasteiger partial charge is 0.233 e. The van der Waals surface area contributed by atoms with E-state index in [9.17, 15) is 4.79 Å². The molecule has 1 aliphatic rings. The zero-order chi connectivity index (χ0) is 16.9. The van der Waals surface area contributed by atoms with E-state index < -0.39 is 0 Å². The molecule has 2 heterocycles. The van der Waals surface area contributed by atoms with Gasteiger partial charge in [0.05, 0.1) is 11.3 Å². The van der Waals surface area contributed by atoms with E-state index in [1.54, 1.807) is 0 Å². The van der Waals surface area contributed by atoms with E-state index in [1.165, 1.54) is 24.6 Å². The Hall–Kier alpha value is -1.82. The first-order valence-corrected chi connectivity index (χ1v) is 9.47. The van der Waals surface area contributed by atoms with Gasteiger partial charge in [-0.15, -0.1) is 10.2 Å². The second-order valence-electron chi connectivity index (χ2n) is 6.26. The molecule has 2 atom stereocenters. The summed E-state index contributed by atoms with van der Waals surface area (Å²) >= 11 is 1.50. The molecule has 0 saturated heterocycles. The molecule has 2 aromatic rings. The lowest BCUT2D eigenvalue weighted by Crippen LogP contribution is -2.33. The highest BCUT2D eigenvalue weighted by Gasteiger charge is 2.22. The Balaban J connectivity index is 1.61. The molecule has 1 N–H and O–H groups in total. The van der Waals surface area contributed by atoms with Gasteiger partial charge < -0.3 is 9.88 Å². The number of carbonyl (C=O) groups excluding carboxylic acids is 1. The summed E-state index contributed by atoms with van der Waals surface area (Å²) in [6.07, 6.45) is 4.55. The zero-order valence-electron chi connectivity index (χ0n) is 14.2. The van der Waals surface area contributed by atoms with Crippen LogP contribution in [0.2, 0.25) is 0 Å². The molecule has 24 heavy (non-hydrogen) atoms. The van der Waals surface area contributed by atoms with Crippen LogP contribution >= 0.6 is 11.8 Å². The minimum absolute atomic E-state index is 0.00253. The van der Waals surface area contributed by atoms with Crippen LogP contribution in [0.1, 0.15) is 50.5 Å². The minimum Gasteiger partial charge on any atom is -0.349 e. The van der Waals surface area contributed by atoms with Gasteiger partial charge in [-0.2, -0.15) is 0 Å². The second kappa shape index (κ2) is 7.83. The first kappa shape index (κ1) is 17.0. The Labute approximate surface area is 147 Å². The number of rotatable bonds is 5. The van der Waals surface area contributed by atoms with Crippen molar-refractivity contribution in [3.8, 4) is 0 Å². The number of aromatic nitrogens is 3. The van der Waals surface area contributed by atoms with Crippen molar-refractivity contribution < 1.29 is 4.79 Å². The topological polar surface area (TPSA) is 59.8 Å². The van der Waals surface area contributed by atoms with Crippen molar-refractivity contribution in [1.82, 2.24) is 20.1 Å². The minimum atomic E-state index is -0.201. The van der Waals surface area contributed by atoms with Crippen LogP contribution in [0.4, 0.5) is 0 Å². The zero-order valence-corrected chi connectivity index (χ0v) is 15.1. The molecular formula is C18H24N4OS. The standard InChI is InChI=1S/C18H24N4OS/c1-13(15-9-5-3-6-10-15)19-17(23)14(2)24-18-21-20-16-11-7-4-8-12-22(16)18/h3,5-6,9-10,13-14H,4,7-8,11-12H2,1-2H3,(H,19,23)/t13-,14+/m1/s1. The number of thioether (sulfide) groups is 1. The maximum atomic E-state index is 12.5. The van der Waals surface area contributed by atoms with Gasteiger partial charge in [0.2, 0.25) is 5.91 Å². The third-order valence-corrected chi connectivity index (χ3v) is 5.47. The van der Waals surface area contributed by atoms with E-state index in [1.807, 2.05) is 44.2 Å². The Morgan fingerprint density at radius 2 is 1.96 bits per heavy atom. The van der Waals surface area contributed by atoms with Crippen LogP contribution in [0.25, 0.3) is 0 Å². The van der Waals surface area contributed by atoms with Gasteiger partial charge in [-0.1, -0.05) is 48.5 Å². The van der Waals surface area contributed by atoms with E-state index in [4.69, 9.17) is 0 Å². The van der Waals surface area contributed by atoms with Crippen molar-refractivity contribution in [2.75, 3.05) is 0 Å². The molecule has 6 heteroatoms. The highest BCUT2D eigenvalue weighted by atomic mass is 32.2. The third kappa shape index (κ3) is 3.98. The molecule has 1 amide bonds. The molecule has 5 nitrogen and oxygen atoms in total. The third-order valence-electron chi connectivity index (χ3n) is 4.39. The van der Waals surface area contributed by atoms with Crippen molar-refractivity contribution in [2.45, 2.75) is 62.5 Å². The highest BCUT2D eigenvalue weighted by Crippen LogP contribution is 2.25. The number of nitrogens with zero attached hydrogens (tertiary/aromatic N) is 3. The molecule has 3 rings (SSSR count). The van der Waals surface area contributed by atoms with Gasteiger partial charge in [-0.25, -0.2) is 0 Å². The lowest BCUT2D eigenvalue weighted by Gasteiger charge is -2.17. The van der Waals surface area contributed by atoms with Gasteiger partial charge in [0.25, 0.3) is 0 Å². The second-order valence-corrected chi connectivity index (χ2v) is 7.57. The molecule has 1 aromatic carbocycles. The summed E-state index contributed by atoms with van der Waals surface area (Å²) in [7, 11) is 0. The highest BCUT2D eigenvalue weighted by molar-refractivity contribution is 8.00. The Bertz CT molecular complexity index is 686. The van der Waals surface area contributed by atoms with Gasteiger partial charge in [-0.3, -0.25) is 4.79 Å². The molecule has 0 unspecified atom stereocenters. The number of nitrogens with one attached hydrogen (secondary N) is 1. The fourth-order valence-corrected chi connectivity index (χ4v) is 3.82. The Morgan fingerprint density at radius 3 is 2.75 bits per heavy atom. The Kier molecular flexibility index (Phi) is 5.56. The lowest BCUT2D eigenvalue weighted by molar-refractivity contribution is -0.120. The van der Waals surface area contributed by atoms with Gasteiger partial charge >= 0.3 is 0 Å². The van der Waals surface area contributed by atoms with E-state index in [0.29, 0.717) is 0 Å².